The van der Waals surface area contributed by atoms with E-state index in [4.69, 9.17) is 33.7 Å². The number of ether oxygens (including phenoxy) is 1. The highest BCUT2D eigenvalue weighted by atomic mass is 35.5. The quantitative estimate of drug-likeness (QED) is 0.498. The average molecular weight is 349 g/mol. The van der Waals surface area contributed by atoms with Gasteiger partial charge in [0.25, 0.3) is 10.0 Å². The number of sulfonamides is 1. The van der Waals surface area contributed by atoms with Crippen LogP contribution < -0.4 is 15.2 Å². The molecule has 0 aliphatic rings. The average Bonchev–Trinajstić information content (AvgIpc) is 2.36. The number of nitrogens with one attached hydrogen (secondary N) is 1. The molecular formula is C11H10Cl2N4O3S. The number of hydrogen-bond acceptors (Lipinski definition) is 6. The molecule has 0 aliphatic heterocycles. The second kappa shape index (κ2) is 5.92. The first-order chi connectivity index (χ1) is 9.81. The Morgan fingerprint density at radius 2 is 1.95 bits per heavy atom. The third-order valence-electron chi connectivity index (χ3n) is 2.41. The third kappa shape index (κ3) is 3.66. The molecule has 0 spiro atoms. The second-order valence-electron chi connectivity index (χ2n) is 3.85. The maximum absolute atomic E-state index is 12.3. The summed E-state index contributed by atoms with van der Waals surface area (Å²) in [5, 5.41) is -0.168. The lowest BCUT2D eigenvalue weighted by atomic mass is 10.3. The Morgan fingerprint density at radius 1 is 1.24 bits per heavy atom. The maximum atomic E-state index is 12.3. The molecule has 10 heteroatoms. The van der Waals surface area contributed by atoms with Crippen molar-refractivity contribution in [2.45, 2.75) is 4.90 Å². The molecule has 1 heterocycles. The fraction of sp³-hybridized carbons (Fsp3) is 0.0909. The summed E-state index contributed by atoms with van der Waals surface area (Å²) in [5.74, 6) is 0.384. The van der Waals surface area contributed by atoms with Crippen LogP contribution in [-0.2, 0) is 10.0 Å². The minimum absolute atomic E-state index is 0.00963. The second-order valence-corrected chi connectivity index (χ2v) is 6.23. The van der Waals surface area contributed by atoms with E-state index >= 15 is 0 Å². The molecule has 0 saturated heterocycles. The largest absolute Gasteiger partial charge is 0.497 e. The van der Waals surface area contributed by atoms with E-state index in [9.17, 15) is 8.42 Å². The molecule has 0 saturated carbocycles. The van der Waals surface area contributed by atoms with Gasteiger partial charge < -0.3 is 10.5 Å². The van der Waals surface area contributed by atoms with E-state index < -0.39 is 10.0 Å². The van der Waals surface area contributed by atoms with Crippen molar-refractivity contribution in [2.75, 3.05) is 17.6 Å². The Morgan fingerprint density at radius 3 is 2.52 bits per heavy atom. The molecule has 0 radical (unpaired) electrons. The highest BCUT2D eigenvalue weighted by Gasteiger charge is 2.19. The minimum Gasteiger partial charge on any atom is -0.497 e. The number of rotatable bonds is 4. The summed E-state index contributed by atoms with van der Waals surface area (Å²) in [6, 6.07) is 5.42. The van der Waals surface area contributed by atoms with E-state index in [0.717, 1.165) is 0 Å². The van der Waals surface area contributed by atoms with Gasteiger partial charge in [-0.2, -0.15) is 4.98 Å². The van der Waals surface area contributed by atoms with Crippen molar-refractivity contribution in [1.29, 1.82) is 0 Å². The maximum Gasteiger partial charge on any atom is 0.265 e. The Hall–Kier alpha value is -1.77. The number of nitrogens with two attached hydrogens (primary N) is 1. The molecule has 2 rings (SSSR count). The molecule has 112 valence electrons. The number of halogens is 2. The van der Waals surface area contributed by atoms with Crippen LogP contribution in [0.25, 0.3) is 0 Å². The molecule has 0 unspecified atom stereocenters. The van der Waals surface area contributed by atoms with Gasteiger partial charge in [-0.1, -0.05) is 11.6 Å². The summed E-state index contributed by atoms with van der Waals surface area (Å²) < 4.78 is 31.7. The van der Waals surface area contributed by atoms with E-state index in [1.807, 2.05) is 0 Å². The molecule has 2 aromatic rings. The van der Waals surface area contributed by atoms with Crippen molar-refractivity contribution in [3.8, 4) is 5.75 Å². The molecule has 3 N–H and O–H groups in total. The number of aromatic nitrogens is 2. The van der Waals surface area contributed by atoms with Crippen LogP contribution in [0, 0.1) is 0 Å². The van der Waals surface area contributed by atoms with Crippen molar-refractivity contribution < 1.29 is 13.2 Å². The van der Waals surface area contributed by atoms with Gasteiger partial charge in [0.2, 0.25) is 5.28 Å². The zero-order valence-corrected chi connectivity index (χ0v) is 13.0. The third-order valence-corrected chi connectivity index (χ3v) is 4.20. The molecule has 0 fully saturated rings. The Balaban J connectivity index is 2.38. The van der Waals surface area contributed by atoms with Gasteiger partial charge in [-0.05, 0) is 23.7 Å². The summed E-state index contributed by atoms with van der Waals surface area (Å²) in [4.78, 5) is 7.23. The topological polar surface area (TPSA) is 107 Å². The summed E-state index contributed by atoms with van der Waals surface area (Å²) in [6.45, 7) is 0. The molecule has 1 aromatic carbocycles. The van der Waals surface area contributed by atoms with Gasteiger partial charge in [0.1, 0.15) is 21.6 Å². The number of benzene rings is 1. The van der Waals surface area contributed by atoms with Gasteiger partial charge in [-0.25, -0.2) is 13.4 Å². The normalized spacial score (nSPS) is 11.2. The number of nitrogens with zero attached hydrogens (tertiary/aromatic N) is 2. The van der Waals surface area contributed by atoms with E-state index in [1.165, 1.54) is 31.4 Å². The van der Waals surface area contributed by atoms with Crippen LogP contribution in [0.5, 0.6) is 5.75 Å². The van der Waals surface area contributed by atoms with Gasteiger partial charge in [-0.3, -0.25) is 4.72 Å². The van der Waals surface area contributed by atoms with Gasteiger partial charge >= 0.3 is 0 Å². The fourth-order valence-electron chi connectivity index (χ4n) is 1.53. The highest BCUT2D eigenvalue weighted by Crippen LogP contribution is 2.26. The number of nitrogen functional groups attached to an aromatic ring is 1. The zero-order valence-electron chi connectivity index (χ0n) is 10.7. The lowest BCUT2D eigenvalue weighted by Gasteiger charge is -2.10. The van der Waals surface area contributed by atoms with Crippen LogP contribution in [-0.4, -0.2) is 25.5 Å². The van der Waals surface area contributed by atoms with Crippen LogP contribution in [0.4, 0.5) is 11.5 Å². The van der Waals surface area contributed by atoms with Crippen molar-refractivity contribution in [3.63, 3.8) is 0 Å². The summed E-state index contributed by atoms with van der Waals surface area (Å²) in [7, 11) is -2.49. The van der Waals surface area contributed by atoms with Crippen LogP contribution in [0.3, 0.4) is 0 Å². The summed E-state index contributed by atoms with van der Waals surface area (Å²) >= 11 is 11.3. The molecule has 0 bridgehead atoms. The van der Waals surface area contributed by atoms with Crippen LogP contribution in [0.15, 0.2) is 29.2 Å². The number of hydrogen-bond donors (Lipinski definition) is 2. The van der Waals surface area contributed by atoms with Crippen LogP contribution in [0.1, 0.15) is 0 Å². The molecular weight excluding hydrogens is 339 g/mol. The first-order valence-electron chi connectivity index (χ1n) is 5.48. The van der Waals surface area contributed by atoms with Gasteiger partial charge in [0.15, 0.2) is 0 Å². The van der Waals surface area contributed by atoms with Crippen molar-refractivity contribution in [3.05, 3.63) is 34.7 Å². The predicted octanol–water partition coefficient (Wildman–Crippen LogP) is 2.17. The Bertz CT molecular complexity index is 763. The Labute approximate surface area is 131 Å². The standard InChI is InChI=1S/C11H10Cl2N4O3S/c1-20-6-2-3-8(7(14)4-6)21(18,19)17-10-5-9(12)15-11(13)16-10/h2-5H,14H2,1H3,(H,15,16,17). The van der Waals surface area contributed by atoms with E-state index in [0.29, 0.717) is 5.75 Å². The van der Waals surface area contributed by atoms with Gasteiger partial charge in [0, 0.05) is 12.1 Å². The zero-order chi connectivity index (χ0) is 15.6. The van der Waals surface area contributed by atoms with Crippen molar-refractivity contribution in [1.82, 2.24) is 9.97 Å². The van der Waals surface area contributed by atoms with Crippen LogP contribution in [0.2, 0.25) is 10.4 Å². The summed E-state index contributed by atoms with van der Waals surface area (Å²) in [6.07, 6.45) is 0. The fourth-order valence-corrected chi connectivity index (χ4v) is 3.05. The molecule has 0 aliphatic carbocycles. The molecule has 21 heavy (non-hydrogen) atoms. The minimum atomic E-state index is -3.94. The lowest BCUT2D eigenvalue weighted by molar-refractivity contribution is 0.414. The summed E-state index contributed by atoms with van der Waals surface area (Å²) in [5.41, 5.74) is 5.75. The SMILES string of the molecule is COc1ccc(S(=O)(=O)Nc2cc(Cl)nc(Cl)n2)c(N)c1. The lowest BCUT2D eigenvalue weighted by Crippen LogP contribution is -2.16. The first-order valence-corrected chi connectivity index (χ1v) is 7.72. The molecule has 0 amide bonds. The predicted molar refractivity (Wildman–Crippen MR) is 80.3 cm³/mol. The van der Waals surface area contributed by atoms with E-state index in [2.05, 4.69) is 14.7 Å². The molecule has 1 aromatic heterocycles. The smallest absolute Gasteiger partial charge is 0.265 e. The van der Waals surface area contributed by atoms with Crippen LogP contribution >= 0.6 is 23.2 Å². The Kier molecular flexibility index (Phi) is 4.40. The molecule has 7 nitrogen and oxygen atoms in total. The first kappa shape index (κ1) is 15.6. The van der Waals surface area contributed by atoms with Crippen molar-refractivity contribution in [2.24, 2.45) is 0 Å². The van der Waals surface area contributed by atoms with Gasteiger partial charge in [-0.15, -0.1) is 0 Å². The van der Waals surface area contributed by atoms with Gasteiger partial charge in [0.05, 0.1) is 12.8 Å². The monoisotopic (exact) mass is 348 g/mol. The highest BCUT2D eigenvalue weighted by molar-refractivity contribution is 7.92. The number of anilines is 2. The molecule has 0 atom stereocenters. The van der Waals surface area contributed by atoms with Crippen molar-refractivity contribution >= 4 is 44.7 Å². The van der Waals surface area contributed by atoms with E-state index in [1.54, 1.807) is 0 Å². The number of methoxy groups -OCH3 is 1. The van der Waals surface area contributed by atoms with E-state index in [-0.39, 0.29) is 26.8 Å².